The average Bonchev–Trinajstić information content (AvgIpc) is 3.22. The maximum atomic E-state index is 5.90. The van der Waals surface area contributed by atoms with Gasteiger partial charge in [-0.1, -0.05) is 37.3 Å². The van der Waals surface area contributed by atoms with Crippen LogP contribution >= 0.6 is 0 Å². The number of hydrogen-bond acceptors (Lipinski definition) is 5. The van der Waals surface area contributed by atoms with E-state index in [-0.39, 0.29) is 6.04 Å². The summed E-state index contributed by atoms with van der Waals surface area (Å²) >= 11 is 0. The molecule has 6 nitrogen and oxygen atoms in total. The van der Waals surface area contributed by atoms with Gasteiger partial charge < -0.3 is 9.47 Å². The van der Waals surface area contributed by atoms with Crippen LogP contribution in [0.2, 0.25) is 0 Å². The molecule has 0 saturated carbocycles. The molecule has 154 valence electrons. The first kappa shape index (κ1) is 20.8. The topological polar surface area (TPSA) is 62.1 Å². The minimum absolute atomic E-state index is 0.0825. The highest BCUT2D eigenvalue weighted by Crippen LogP contribution is 2.31. The van der Waals surface area contributed by atoms with Gasteiger partial charge in [0.2, 0.25) is 0 Å². The molecule has 0 saturated heterocycles. The van der Waals surface area contributed by atoms with E-state index in [1.165, 1.54) is 11.1 Å². The number of benzene rings is 2. The van der Waals surface area contributed by atoms with Gasteiger partial charge in [0, 0.05) is 12.5 Å². The van der Waals surface area contributed by atoms with Crippen LogP contribution in [0.5, 0.6) is 11.5 Å². The third-order valence-electron chi connectivity index (χ3n) is 5.05. The van der Waals surface area contributed by atoms with Crippen LogP contribution in [-0.4, -0.2) is 33.4 Å². The Labute approximate surface area is 172 Å². The predicted octanol–water partition coefficient (Wildman–Crippen LogP) is 4.43. The Morgan fingerprint density at radius 1 is 0.897 bits per heavy atom. The van der Waals surface area contributed by atoms with Crippen LogP contribution in [0.25, 0.3) is 0 Å². The Kier molecular flexibility index (Phi) is 7.22. The molecular formula is C23H30N4O2. The smallest absolute Gasteiger partial charge is 0.152 e. The van der Waals surface area contributed by atoms with Crippen molar-refractivity contribution in [3.05, 3.63) is 65.0 Å². The Bertz CT molecular complexity index is 908. The number of ether oxygens (including phenoxy) is 2. The second-order valence-electron chi connectivity index (χ2n) is 6.91. The normalized spacial score (nSPS) is 12.0. The summed E-state index contributed by atoms with van der Waals surface area (Å²) in [5, 5.41) is 12.4. The first-order valence-electron chi connectivity index (χ1n) is 10.4. The molecule has 0 amide bonds. The van der Waals surface area contributed by atoms with Crippen LogP contribution in [-0.2, 0) is 19.3 Å². The Morgan fingerprint density at radius 3 is 2.24 bits per heavy atom. The second-order valence-corrected chi connectivity index (χ2v) is 6.91. The Balaban J connectivity index is 1.82. The van der Waals surface area contributed by atoms with Gasteiger partial charge >= 0.3 is 0 Å². The zero-order valence-electron chi connectivity index (χ0n) is 17.8. The molecule has 0 spiro atoms. The van der Waals surface area contributed by atoms with Gasteiger partial charge in [0.25, 0.3) is 0 Å². The highest BCUT2D eigenvalue weighted by atomic mass is 16.5. The summed E-state index contributed by atoms with van der Waals surface area (Å²) in [5.41, 5.74) is 3.54. The summed E-state index contributed by atoms with van der Waals surface area (Å²) in [6, 6.07) is 14.6. The van der Waals surface area contributed by atoms with Crippen molar-refractivity contribution in [2.75, 3.05) is 13.2 Å². The van der Waals surface area contributed by atoms with E-state index in [0.717, 1.165) is 42.1 Å². The van der Waals surface area contributed by atoms with Gasteiger partial charge in [-0.2, -0.15) is 0 Å². The van der Waals surface area contributed by atoms with Crippen LogP contribution < -0.4 is 9.47 Å². The molecule has 3 aromatic rings. The van der Waals surface area contributed by atoms with Crippen molar-refractivity contribution in [3.8, 4) is 11.5 Å². The molecule has 0 aliphatic rings. The molecule has 0 radical (unpaired) electrons. The minimum Gasteiger partial charge on any atom is -0.493 e. The van der Waals surface area contributed by atoms with Crippen LogP contribution in [0.3, 0.4) is 0 Å². The summed E-state index contributed by atoms with van der Waals surface area (Å²) in [5.74, 6) is 2.66. The highest BCUT2D eigenvalue weighted by Gasteiger charge is 2.17. The molecule has 0 bridgehead atoms. The van der Waals surface area contributed by atoms with Gasteiger partial charge in [0.15, 0.2) is 5.82 Å². The summed E-state index contributed by atoms with van der Waals surface area (Å²) in [6.45, 7) is 9.52. The molecule has 1 aromatic heterocycles. The zero-order valence-corrected chi connectivity index (χ0v) is 17.8. The van der Waals surface area contributed by atoms with Gasteiger partial charge in [-0.3, -0.25) is 0 Å². The molecule has 2 aromatic carbocycles. The lowest BCUT2D eigenvalue weighted by atomic mass is 10.0. The Morgan fingerprint density at radius 2 is 1.59 bits per heavy atom. The molecular weight excluding hydrogens is 364 g/mol. The number of nitrogens with zero attached hydrogens (tertiary/aromatic N) is 4. The fraction of sp³-hybridized carbons (Fsp3) is 0.435. The van der Waals surface area contributed by atoms with Crippen molar-refractivity contribution >= 4 is 0 Å². The van der Waals surface area contributed by atoms with Crippen molar-refractivity contribution < 1.29 is 9.47 Å². The lowest BCUT2D eigenvalue weighted by Crippen LogP contribution is -2.13. The molecule has 0 aliphatic heterocycles. The number of rotatable bonds is 10. The molecule has 29 heavy (non-hydrogen) atoms. The van der Waals surface area contributed by atoms with Gasteiger partial charge in [-0.15, -0.1) is 5.10 Å². The quantitative estimate of drug-likeness (QED) is 0.509. The third kappa shape index (κ3) is 4.94. The SMILES string of the molecule is CCOc1cc(OCC)c(CCc2nnnn2C(C)c2ccccc2)cc1CC. The number of tetrazole rings is 1. The summed E-state index contributed by atoms with van der Waals surface area (Å²) in [6.07, 6.45) is 2.45. The Hall–Kier alpha value is -2.89. The predicted molar refractivity (Wildman–Crippen MR) is 114 cm³/mol. The van der Waals surface area contributed by atoms with Crippen molar-refractivity contribution in [3.63, 3.8) is 0 Å². The highest BCUT2D eigenvalue weighted by molar-refractivity contribution is 5.47. The molecule has 0 N–H and O–H groups in total. The van der Waals surface area contributed by atoms with Crippen molar-refractivity contribution in [2.45, 2.75) is 53.0 Å². The van der Waals surface area contributed by atoms with Crippen LogP contribution in [0.4, 0.5) is 0 Å². The van der Waals surface area contributed by atoms with Gasteiger partial charge in [0.1, 0.15) is 11.5 Å². The summed E-state index contributed by atoms with van der Waals surface area (Å²) < 4.78 is 13.6. The molecule has 3 rings (SSSR count). The largest absolute Gasteiger partial charge is 0.493 e. The van der Waals surface area contributed by atoms with E-state index in [9.17, 15) is 0 Å². The van der Waals surface area contributed by atoms with Crippen LogP contribution in [0.1, 0.15) is 56.3 Å². The first-order valence-corrected chi connectivity index (χ1v) is 10.4. The molecule has 1 unspecified atom stereocenters. The van der Waals surface area contributed by atoms with Gasteiger partial charge in [0.05, 0.1) is 19.3 Å². The van der Waals surface area contributed by atoms with E-state index in [1.54, 1.807) is 0 Å². The van der Waals surface area contributed by atoms with Gasteiger partial charge in [-0.05, 0) is 66.8 Å². The van der Waals surface area contributed by atoms with Crippen LogP contribution in [0, 0.1) is 0 Å². The second kappa shape index (κ2) is 10.0. The van der Waals surface area contributed by atoms with E-state index in [2.05, 4.69) is 47.6 Å². The maximum absolute atomic E-state index is 5.90. The first-order chi connectivity index (χ1) is 14.2. The summed E-state index contributed by atoms with van der Waals surface area (Å²) in [4.78, 5) is 0. The van der Waals surface area contributed by atoms with Crippen molar-refractivity contribution in [1.29, 1.82) is 0 Å². The molecule has 1 heterocycles. The van der Waals surface area contributed by atoms with Crippen LogP contribution in [0.15, 0.2) is 42.5 Å². The lowest BCUT2D eigenvalue weighted by Gasteiger charge is -2.17. The molecule has 6 heteroatoms. The standard InChI is InChI=1S/C23H30N4O2/c1-5-18-15-20(22(29-7-3)16-21(18)28-6-2)13-14-23-24-25-26-27(23)17(4)19-11-9-8-10-12-19/h8-12,15-17H,5-7,13-14H2,1-4H3. The number of hydrogen-bond donors (Lipinski definition) is 0. The third-order valence-corrected chi connectivity index (χ3v) is 5.05. The van der Waals surface area contributed by atoms with Crippen molar-refractivity contribution in [2.24, 2.45) is 0 Å². The van der Waals surface area contributed by atoms with Crippen molar-refractivity contribution in [1.82, 2.24) is 20.2 Å². The van der Waals surface area contributed by atoms with E-state index < -0.39 is 0 Å². The zero-order chi connectivity index (χ0) is 20.6. The monoisotopic (exact) mass is 394 g/mol. The number of aryl methyl sites for hydroxylation is 3. The fourth-order valence-corrected chi connectivity index (χ4v) is 3.51. The lowest BCUT2D eigenvalue weighted by molar-refractivity contribution is 0.318. The maximum Gasteiger partial charge on any atom is 0.152 e. The van der Waals surface area contributed by atoms with E-state index in [1.807, 2.05) is 42.8 Å². The number of aromatic nitrogens is 4. The fourth-order valence-electron chi connectivity index (χ4n) is 3.51. The molecule has 0 aliphatic carbocycles. The van der Waals surface area contributed by atoms with E-state index in [0.29, 0.717) is 13.2 Å². The molecule has 1 atom stereocenters. The average molecular weight is 395 g/mol. The summed E-state index contributed by atoms with van der Waals surface area (Å²) in [7, 11) is 0. The van der Waals surface area contributed by atoms with E-state index in [4.69, 9.17) is 9.47 Å². The van der Waals surface area contributed by atoms with Gasteiger partial charge in [-0.25, -0.2) is 4.68 Å². The van der Waals surface area contributed by atoms with E-state index >= 15 is 0 Å². The molecule has 0 fully saturated rings. The minimum atomic E-state index is 0.0825.